The fourth-order valence-electron chi connectivity index (χ4n) is 4.16. The number of nitrogens with one attached hydrogen (secondary N) is 2. The van der Waals surface area contributed by atoms with Gasteiger partial charge in [-0.3, -0.25) is 14.3 Å². The van der Waals surface area contributed by atoms with Crippen LogP contribution in [-0.4, -0.2) is 27.6 Å². The third-order valence-electron chi connectivity index (χ3n) is 6.12. The molecule has 2 fully saturated rings. The van der Waals surface area contributed by atoms with Crippen molar-refractivity contribution in [2.45, 2.75) is 56.5 Å². The molecular formula is C22H26N6O2. The van der Waals surface area contributed by atoms with Gasteiger partial charge in [0.1, 0.15) is 5.56 Å². The van der Waals surface area contributed by atoms with Crippen molar-refractivity contribution in [2.24, 2.45) is 11.7 Å². The highest BCUT2D eigenvalue weighted by Gasteiger charge is 2.39. The number of amides is 2. The van der Waals surface area contributed by atoms with Crippen molar-refractivity contribution in [3.8, 4) is 6.07 Å². The van der Waals surface area contributed by atoms with E-state index in [9.17, 15) is 14.9 Å². The lowest BCUT2D eigenvalue weighted by Gasteiger charge is -2.39. The molecule has 2 aromatic rings. The van der Waals surface area contributed by atoms with E-state index in [1.165, 1.54) is 0 Å². The number of aromatic nitrogens is 2. The maximum absolute atomic E-state index is 12.2. The second-order valence-corrected chi connectivity index (χ2v) is 8.31. The topological polar surface area (TPSA) is 126 Å². The Labute approximate surface area is 175 Å². The Morgan fingerprint density at radius 3 is 2.50 bits per heavy atom. The van der Waals surface area contributed by atoms with Crippen LogP contribution in [-0.2, 0) is 10.3 Å². The molecule has 2 aliphatic rings. The van der Waals surface area contributed by atoms with E-state index in [1.807, 2.05) is 30.3 Å². The Balaban J connectivity index is 1.53. The van der Waals surface area contributed by atoms with E-state index in [1.54, 1.807) is 10.9 Å². The molecule has 8 heteroatoms. The highest BCUT2D eigenvalue weighted by atomic mass is 16.2. The second-order valence-electron chi connectivity index (χ2n) is 8.31. The Morgan fingerprint density at radius 1 is 1.20 bits per heavy atom. The van der Waals surface area contributed by atoms with E-state index in [-0.39, 0.29) is 29.6 Å². The lowest BCUT2D eigenvalue weighted by atomic mass is 9.77. The Hall–Kier alpha value is -3.34. The summed E-state index contributed by atoms with van der Waals surface area (Å²) in [7, 11) is 0. The summed E-state index contributed by atoms with van der Waals surface area (Å²) in [4.78, 5) is 24.1. The number of primary amides is 1. The molecule has 0 saturated heterocycles. The lowest BCUT2D eigenvalue weighted by Crippen LogP contribution is -2.41. The Morgan fingerprint density at radius 2 is 1.90 bits per heavy atom. The quantitative estimate of drug-likeness (QED) is 0.652. The first-order valence-electron chi connectivity index (χ1n) is 10.4. The molecule has 30 heavy (non-hydrogen) atoms. The summed E-state index contributed by atoms with van der Waals surface area (Å²) in [5.41, 5.74) is 6.28. The molecule has 4 rings (SSSR count). The van der Waals surface area contributed by atoms with Gasteiger partial charge in [-0.25, -0.2) is 0 Å². The number of para-hydroxylation sites is 1. The largest absolute Gasteiger partial charge is 0.382 e. The smallest absolute Gasteiger partial charge is 0.254 e. The van der Waals surface area contributed by atoms with Gasteiger partial charge in [-0.05, 0) is 50.7 Å². The van der Waals surface area contributed by atoms with Crippen molar-refractivity contribution < 1.29 is 9.59 Å². The van der Waals surface area contributed by atoms with Crippen molar-refractivity contribution in [3.05, 3.63) is 42.1 Å². The number of hydrogen-bond donors (Lipinski definition) is 3. The minimum absolute atomic E-state index is 0.0107. The average molecular weight is 406 g/mol. The van der Waals surface area contributed by atoms with E-state index in [4.69, 9.17) is 5.73 Å². The van der Waals surface area contributed by atoms with Gasteiger partial charge in [0.2, 0.25) is 5.91 Å². The van der Waals surface area contributed by atoms with Crippen LogP contribution < -0.4 is 16.4 Å². The number of hydrogen-bond acceptors (Lipinski definition) is 5. The number of nitriles is 1. The summed E-state index contributed by atoms with van der Waals surface area (Å²) in [6.45, 7) is 0. The summed E-state index contributed by atoms with van der Waals surface area (Å²) in [6, 6.07) is 12.6. The zero-order chi connectivity index (χ0) is 21.1. The minimum Gasteiger partial charge on any atom is -0.382 e. The highest BCUT2D eigenvalue weighted by Crippen LogP contribution is 2.39. The third-order valence-corrected chi connectivity index (χ3v) is 6.12. The van der Waals surface area contributed by atoms with Crippen LogP contribution >= 0.6 is 0 Å². The normalized spacial score (nSPS) is 23.4. The van der Waals surface area contributed by atoms with Gasteiger partial charge < -0.3 is 16.4 Å². The monoisotopic (exact) mass is 406 g/mol. The van der Waals surface area contributed by atoms with Gasteiger partial charge in [0.05, 0.1) is 18.0 Å². The lowest BCUT2D eigenvalue weighted by molar-refractivity contribution is -0.117. The second kappa shape index (κ2) is 8.19. The number of benzene rings is 1. The molecule has 1 aromatic carbocycles. The number of carbonyl (C=O) groups is 2. The van der Waals surface area contributed by atoms with Crippen molar-refractivity contribution in [2.75, 3.05) is 10.6 Å². The van der Waals surface area contributed by atoms with Crippen LogP contribution in [0.5, 0.6) is 0 Å². The average Bonchev–Trinajstić information content (AvgIpc) is 3.51. The van der Waals surface area contributed by atoms with Crippen LogP contribution in [0.2, 0.25) is 0 Å². The van der Waals surface area contributed by atoms with Gasteiger partial charge in [0, 0.05) is 23.8 Å². The molecule has 156 valence electrons. The fraction of sp³-hybridized carbons (Fsp3) is 0.455. The molecule has 0 bridgehead atoms. The number of anilines is 2. The summed E-state index contributed by atoms with van der Waals surface area (Å²) >= 11 is 0. The summed E-state index contributed by atoms with van der Waals surface area (Å²) < 4.78 is 1.69. The molecule has 0 spiro atoms. The predicted octanol–water partition coefficient (Wildman–Crippen LogP) is 2.99. The predicted molar refractivity (Wildman–Crippen MR) is 113 cm³/mol. The first-order chi connectivity index (χ1) is 14.5. The van der Waals surface area contributed by atoms with Crippen molar-refractivity contribution in [1.29, 1.82) is 5.26 Å². The van der Waals surface area contributed by atoms with Gasteiger partial charge in [0.15, 0.2) is 5.82 Å². The Bertz CT molecular complexity index is 965. The molecule has 2 amide bonds. The summed E-state index contributed by atoms with van der Waals surface area (Å²) in [6.07, 6.45) is 6.79. The van der Waals surface area contributed by atoms with Crippen molar-refractivity contribution in [3.63, 3.8) is 0 Å². The molecule has 0 radical (unpaired) electrons. The molecule has 0 atom stereocenters. The van der Waals surface area contributed by atoms with E-state index in [2.05, 4.69) is 21.8 Å². The molecule has 1 heterocycles. The van der Waals surface area contributed by atoms with E-state index in [0.717, 1.165) is 44.2 Å². The zero-order valence-electron chi connectivity index (χ0n) is 16.8. The van der Waals surface area contributed by atoms with E-state index < -0.39 is 11.4 Å². The van der Waals surface area contributed by atoms with Gasteiger partial charge >= 0.3 is 0 Å². The molecule has 4 N–H and O–H groups in total. The number of nitrogens with zero attached hydrogens (tertiary/aromatic N) is 3. The standard InChI is InChI=1S/C22H26N6O2/c23-13-12-22(10-8-17(9-11-22)25-16-4-2-1-3-5-16)28-14-18(19(24)29)20(27-28)26-21(30)15-6-7-15/h1-5,14-15,17,25H,6-12H2,(H2,24,29)(H,26,27,30). The van der Waals surface area contributed by atoms with Gasteiger partial charge in [-0.15, -0.1) is 0 Å². The van der Waals surface area contributed by atoms with Crippen LogP contribution in [0.4, 0.5) is 11.5 Å². The summed E-state index contributed by atoms with van der Waals surface area (Å²) in [5, 5.41) is 20.3. The van der Waals surface area contributed by atoms with Gasteiger partial charge in [0.25, 0.3) is 5.91 Å². The maximum atomic E-state index is 12.2. The molecular weight excluding hydrogens is 380 g/mol. The van der Waals surface area contributed by atoms with Gasteiger partial charge in [-0.1, -0.05) is 18.2 Å². The maximum Gasteiger partial charge on any atom is 0.254 e. The van der Waals surface area contributed by atoms with Crippen LogP contribution in [0.3, 0.4) is 0 Å². The minimum atomic E-state index is -0.640. The molecule has 1 aromatic heterocycles. The SMILES string of the molecule is N#CCC1(n2cc(C(N)=O)c(NC(=O)C3CC3)n2)CCC(Nc2ccccc2)CC1. The number of rotatable bonds is 7. The molecule has 0 aliphatic heterocycles. The molecule has 2 saturated carbocycles. The van der Waals surface area contributed by atoms with Crippen LogP contribution in [0, 0.1) is 17.2 Å². The highest BCUT2D eigenvalue weighted by molar-refractivity contribution is 6.02. The zero-order valence-corrected chi connectivity index (χ0v) is 16.8. The Kier molecular flexibility index (Phi) is 5.44. The van der Waals surface area contributed by atoms with Crippen LogP contribution in [0.15, 0.2) is 36.5 Å². The first kappa shape index (κ1) is 20.0. The van der Waals surface area contributed by atoms with E-state index in [0.29, 0.717) is 6.04 Å². The molecule has 8 nitrogen and oxygen atoms in total. The number of carbonyl (C=O) groups excluding carboxylic acids is 2. The molecule has 2 aliphatic carbocycles. The van der Waals surface area contributed by atoms with Crippen LogP contribution in [0.25, 0.3) is 0 Å². The van der Waals surface area contributed by atoms with Crippen molar-refractivity contribution in [1.82, 2.24) is 9.78 Å². The summed E-state index contributed by atoms with van der Waals surface area (Å²) in [5.74, 6) is -0.587. The van der Waals surface area contributed by atoms with Gasteiger partial charge in [-0.2, -0.15) is 10.4 Å². The van der Waals surface area contributed by atoms with E-state index >= 15 is 0 Å². The third kappa shape index (κ3) is 4.15. The molecule has 0 unspecified atom stereocenters. The van der Waals surface area contributed by atoms with Crippen molar-refractivity contribution >= 4 is 23.3 Å². The van der Waals surface area contributed by atoms with Crippen LogP contribution in [0.1, 0.15) is 55.3 Å². The fourth-order valence-corrected chi connectivity index (χ4v) is 4.16. The number of nitrogens with two attached hydrogens (primary N) is 1. The first-order valence-corrected chi connectivity index (χ1v) is 10.4.